The van der Waals surface area contributed by atoms with Crippen molar-refractivity contribution in [3.05, 3.63) is 0 Å². The number of nitrogens with zero attached hydrogens (tertiary/aromatic N) is 1. The van der Waals surface area contributed by atoms with Crippen molar-refractivity contribution in [2.45, 2.75) is 45.1 Å². The van der Waals surface area contributed by atoms with E-state index in [-0.39, 0.29) is 0 Å². The summed E-state index contributed by atoms with van der Waals surface area (Å²) in [7, 11) is 1.96. The molecule has 1 aliphatic rings. The van der Waals surface area contributed by atoms with Crippen LogP contribution < -0.4 is 5.32 Å². The van der Waals surface area contributed by atoms with Crippen LogP contribution in [0.5, 0.6) is 0 Å². The summed E-state index contributed by atoms with van der Waals surface area (Å²) in [5, 5.41) is 3.18. The molecule has 1 rings (SSSR count). The monoisotopic (exact) mass is 258 g/mol. The van der Waals surface area contributed by atoms with Gasteiger partial charge in [-0.15, -0.1) is 0 Å². The van der Waals surface area contributed by atoms with E-state index < -0.39 is 0 Å². The molecule has 3 nitrogen and oxygen atoms in total. The first kappa shape index (κ1) is 14.8. The first-order chi connectivity index (χ1) is 8.29. The van der Waals surface area contributed by atoms with E-state index in [9.17, 15) is 4.79 Å². The fourth-order valence-electron chi connectivity index (χ4n) is 2.26. The van der Waals surface area contributed by atoms with Gasteiger partial charge in [0.15, 0.2) is 0 Å². The molecule has 17 heavy (non-hydrogen) atoms. The highest BCUT2D eigenvalue weighted by atomic mass is 32.2. The number of thioether (sulfide) groups is 1. The van der Waals surface area contributed by atoms with Crippen molar-refractivity contribution in [1.82, 2.24) is 10.2 Å². The van der Waals surface area contributed by atoms with E-state index in [2.05, 4.69) is 17.1 Å². The maximum absolute atomic E-state index is 12.0. The number of amides is 1. The number of unbranched alkanes of at least 4 members (excludes halogenated alkanes) is 1. The predicted octanol–water partition coefficient (Wildman–Crippen LogP) is 2.12. The molecule has 0 bridgehead atoms. The average molecular weight is 258 g/mol. The van der Waals surface area contributed by atoms with Crippen molar-refractivity contribution in [1.29, 1.82) is 0 Å². The largest absolute Gasteiger partial charge is 0.338 e. The van der Waals surface area contributed by atoms with Gasteiger partial charge >= 0.3 is 0 Å². The van der Waals surface area contributed by atoms with Gasteiger partial charge in [0.05, 0.1) is 0 Å². The van der Waals surface area contributed by atoms with Crippen molar-refractivity contribution >= 4 is 17.7 Å². The van der Waals surface area contributed by atoms with Crippen molar-refractivity contribution in [3.8, 4) is 0 Å². The minimum absolute atomic E-state index is 0.353. The summed E-state index contributed by atoms with van der Waals surface area (Å²) in [5.41, 5.74) is 0. The van der Waals surface area contributed by atoms with Gasteiger partial charge in [0.1, 0.15) is 0 Å². The second-order valence-corrected chi connectivity index (χ2v) is 5.88. The van der Waals surface area contributed by atoms with Gasteiger partial charge in [-0.2, -0.15) is 11.8 Å². The van der Waals surface area contributed by atoms with Crippen molar-refractivity contribution < 1.29 is 4.79 Å². The number of rotatable bonds is 8. The Morgan fingerprint density at radius 2 is 2.29 bits per heavy atom. The minimum atomic E-state index is 0.353. The van der Waals surface area contributed by atoms with E-state index in [0.29, 0.717) is 18.4 Å². The van der Waals surface area contributed by atoms with Gasteiger partial charge in [-0.05, 0) is 32.1 Å². The summed E-state index contributed by atoms with van der Waals surface area (Å²) in [5.74, 6) is 2.54. The third-order valence-electron chi connectivity index (χ3n) is 3.24. The van der Waals surface area contributed by atoms with Gasteiger partial charge in [0.2, 0.25) is 5.91 Å². The van der Waals surface area contributed by atoms with Crippen LogP contribution in [-0.2, 0) is 4.79 Å². The Kier molecular flexibility index (Phi) is 7.69. The molecule has 0 aromatic rings. The summed E-state index contributed by atoms with van der Waals surface area (Å²) in [6, 6.07) is 0.438. The lowest BCUT2D eigenvalue weighted by Gasteiger charge is -2.24. The Bertz CT molecular complexity index is 223. The predicted molar refractivity (Wildman–Crippen MR) is 75.5 cm³/mol. The van der Waals surface area contributed by atoms with Crippen molar-refractivity contribution in [2.24, 2.45) is 0 Å². The number of hydrogen-bond donors (Lipinski definition) is 1. The lowest BCUT2D eigenvalue weighted by atomic mass is 10.2. The molecule has 1 atom stereocenters. The van der Waals surface area contributed by atoms with Gasteiger partial charge in [-0.25, -0.2) is 0 Å². The zero-order valence-corrected chi connectivity index (χ0v) is 12.0. The molecule has 1 amide bonds. The van der Waals surface area contributed by atoms with E-state index in [1.54, 1.807) is 0 Å². The highest BCUT2D eigenvalue weighted by molar-refractivity contribution is 7.99. The molecule has 0 aromatic heterocycles. The Hall–Kier alpha value is -0.220. The molecule has 1 unspecified atom stereocenters. The summed E-state index contributed by atoms with van der Waals surface area (Å²) < 4.78 is 0. The first-order valence-electron chi connectivity index (χ1n) is 6.81. The van der Waals surface area contributed by atoms with E-state index in [4.69, 9.17) is 0 Å². The normalized spacial score (nSPS) is 19.9. The number of carbonyl (C=O) groups is 1. The van der Waals surface area contributed by atoms with Gasteiger partial charge in [-0.1, -0.05) is 13.3 Å². The lowest BCUT2D eigenvalue weighted by molar-refractivity contribution is -0.131. The molecule has 100 valence electrons. The van der Waals surface area contributed by atoms with Gasteiger partial charge in [0, 0.05) is 31.3 Å². The molecule has 1 N–H and O–H groups in total. The average Bonchev–Trinajstić information content (AvgIpc) is 2.77. The second kappa shape index (κ2) is 8.81. The minimum Gasteiger partial charge on any atom is -0.338 e. The highest BCUT2D eigenvalue weighted by Gasteiger charge is 2.27. The standard InChI is InChI=1S/C13H26N2OS/c1-3-4-9-17-10-7-13(16)15-8-5-6-12(15)11-14-2/h12,14H,3-11H2,1-2H3. The molecule has 1 saturated heterocycles. The van der Waals surface area contributed by atoms with Crippen LogP contribution in [0.4, 0.5) is 0 Å². The molecular formula is C13H26N2OS. The van der Waals surface area contributed by atoms with Crippen LogP contribution in [0.15, 0.2) is 0 Å². The van der Waals surface area contributed by atoms with Crippen LogP contribution in [0, 0.1) is 0 Å². The summed E-state index contributed by atoms with van der Waals surface area (Å²) in [6.07, 6.45) is 5.56. The zero-order valence-electron chi connectivity index (χ0n) is 11.2. The molecule has 0 aromatic carbocycles. The smallest absolute Gasteiger partial charge is 0.223 e. The molecule has 0 spiro atoms. The van der Waals surface area contributed by atoms with Crippen LogP contribution in [-0.4, -0.2) is 48.5 Å². The molecular weight excluding hydrogens is 232 g/mol. The molecule has 4 heteroatoms. The molecule has 0 aliphatic carbocycles. The Morgan fingerprint density at radius 3 is 3.00 bits per heavy atom. The Balaban J connectivity index is 2.17. The number of likely N-dealkylation sites (N-methyl/N-ethyl adjacent to an activating group) is 1. The number of likely N-dealkylation sites (tertiary alicyclic amines) is 1. The summed E-state index contributed by atoms with van der Waals surface area (Å²) in [4.78, 5) is 14.1. The van der Waals surface area contributed by atoms with Crippen LogP contribution in [0.3, 0.4) is 0 Å². The Morgan fingerprint density at radius 1 is 1.47 bits per heavy atom. The SMILES string of the molecule is CCCCSCCC(=O)N1CCCC1CNC. The summed E-state index contributed by atoms with van der Waals surface area (Å²) in [6.45, 7) is 4.11. The van der Waals surface area contributed by atoms with Crippen LogP contribution in [0.25, 0.3) is 0 Å². The molecule has 1 fully saturated rings. The highest BCUT2D eigenvalue weighted by Crippen LogP contribution is 2.18. The van der Waals surface area contributed by atoms with E-state index >= 15 is 0 Å². The Labute approximate surface area is 110 Å². The fourth-order valence-corrected chi connectivity index (χ4v) is 3.28. The third kappa shape index (κ3) is 5.30. The van der Waals surface area contributed by atoms with Gasteiger partial charge in [-0.3, -0.25) is 4.79 Å². The number of hydrogen-bond acceptors (Lipinski definition) is 3. The van der Waals surface area contributed by atoms with Gasteiger partial charge in [0.25, 0.3) is 0 Å². The fraction of sp³-hybridized carbons (Fsp3) is 0.923. The number of nitrogens with one attached hydrogen (secondary N) is 1. The quantitative estimate of drug-likeness (QED) is 0.677. The molecule has 1 aliphatic heterocycles. The first-order valence-corrected chi connectivity index (χ1v) is 7.96. The second-order valence-electron chi connectivity index (χ2n) is 4.66. The zero-order chi connectivity index (χ0) is 12.5. The maximum atomic E-state index is 12.0. The summed E-state index contributed by atoms with van der Waals surface area (Å²) >= 11 is 1.92. The van der Waals surface area contributed by atoms with Crippen LogP contribution in [0.1, 0.15) is 39.0 Å². The number of carbonyl (C=O) groups excluding carboxylic acids is 1. The maximum Gasteiger partial charge on any atom is 0.223 e. The lowest BCUT2D eigenvalue weighted by Crippen LogP contribution is -2.40. The molecule has 1 heterocycles. The van der Waals surface area contributed by atoms with Crippen molar-refractivity contribution in [3.63, 3.8) is 0 Å². The van der Waals surface area contributed by atoms with E-state index in [1.165, 1.54) is 25.0 Å². The molecule has 0 saturated carbocycles. The van der Waals surface area contributed by atoms with Crippen molar-refractivity contribution in [2.75, 3.05) is 31.6 Å². The van der Waals surface area contributed by atoms with E-state index in [1.807, 2.05) is 18.8 Å². The molecule has 0 radical (unpaired) electrons. The third-order valence-corrected chi connectivity index (χ3v) is 4.31. The van der Waals surface area contributed by atoms with Crippen LogP contribution >= 0.6 is 11.8 Å². The van der Waals surface area contributed by atoms with E-state index in [0.717, 1.165) is 25.3 Å². The topological polar surface area (TPSA) is 32.3 Å². The van der Waals surface area contributed by atoms with Crippen LogP contribution in [0.2, 0.25) is 0 Å². The van der Waals surface area contributed by atoms with Gasteiger partial charge < -0.3 is 10.2 Å².